The van der Waals surface area contributed by atoms with Crippen LogP contribution in [0.25, 0.3) is 0 Å². The lowest BCUT2D eigenvalue weighted by Gasteiger charge is -1.98. The maximum absolute atomic E-state index is 5.62. The van der Waals surface area contributed by atoms with Gasteiger partial charge in [-0.05, 0) is 12.8 Å². The summed E-state index contributed by atoms with van der Waals surface area (Å²) in [5.74, 6) is 1.36. The Morgan fingerprint density at radius 1 is 1.64 bits per heavy atom. The molecule has 1 aromatic rings. The lowest BCUT2D eigenvalue weighted by molar-refractivity contribution is 0.705. The molecule has 0 bridgehead atoms. The van der Waals surface area contributed by atoms with E-state index >= 15 is 0 Å². The number of aromatic nitrogens is 3. The number of hydrogen-bond acceptors (Lipinski definition) is 2. The highest BCUT2D eigenvalue weighted by molar-refractivity contribution is 6.16. The maximum Gasteiger partial charge on any atom is 0.148 e. The van der Waals surface area contributed by atoms with Crippen molar-refractivity contribution in [2.75, 3.05) is 0 Å². The van der Waals surface area contributed by atoms with E-state index in [1.165, 1.54) is 12.8 Å². The van der Waals surface area contributed by atoms with Gasteiger partial charge >= 0.3 is 0 Å². The van der Waals surface area contributed by atoms with E-state index in [0.29, 0.717) is 11.9 Å². The first kappa shape index (κ1) is 8.81. The van der Waals surface area contributed by atoms with Crippen molar-refractivity contribution < 1.29 is 0 Å². The van der Waals surface area contributed by atoms with Gasteiger partial charge in [-0.15, -0.1) is 34.2 Å². The largest absolute Gasteiger partial charge is 0.313 e. The van der Waals surface area contributed by atoms with E-state index in [0.717, 1.165) is 5.82 Å². The molecule has 0 saturated heterocycles. The number of hydrogen-bond donors (Lipinski definition) is 0. The molecular formula is C6H9Cl2N3. The van der Waals surface area contributed by atoms with Crippen LogP contribution in [0.3, 0.4) is 0 Å². The molecule has 1 fully saturated rings. The van der Waals surface area contributed by atoms with Crippen LogP contribution in [0.15, 0.2) is 6.33 Å². The Hall–Kier alpha value is -0.280. The Balaban J connectivity index is 0.000000605. The third-order valence-electron chi connectivity index (χ3n) is 1.71. The molecule has 11 heavy (non-hydrogen) atoms. The van der Waals surface area contributed by atoms with Gasteiger partial charge < -0.3 is 4.57 Å². The molecule has 0 atom stereocenters. The van der Waals surface area contributed by atoms with Crippen LogP contribution in [0.4, 0.5) is 0 Å². The number of halogens is 2. The quantitative estimate of drug-likeness (QED) is 0.671. The molecule has 62 valence electrons. The van der Waals surface area contributed by atoms with Gasteiger partial charge in [0.15, 0.2) is 0 Å². The molecule has 0 N–H and O–H groups in total. The van der Waals surface area contributed by atoms with Crippen molar-refractivity contribution in [1.82, 2.24) is 14.8 Å². The van der Waals surface area contributed by atoms with Crippen molar-refractivity contribution in [3.8, 4) is 0 Å². The second kappa shape index (κ2) is 3.41. The van der Waals surface area contributed by atoms with Gasteiger partial charge in [-0.1, -0.05) is 0 Å². The minimum atomic E-state index is 0. The lowest BCUT2D eigenvalue weighted by Crippen LogP contribution is -1.97. The number of alkyl halides is 1. The predicted octanol–water partition coefficient (Wildman–Crippen LogP) is 1.77. The van der Waals surface area contributed by atoms with Gasteiger partial charge in [-0.3, -0.25) is 0 Å². The first-order valence-corrected chi connectivity index (χ1v) is 3.89. The summed E-state index contributed by atoms with van der Waals surface area (Å²) in [6, 6.07) is 0.642. The van der Waals surface area contributed by atoms with E-state index < -0.39 is 0 Å². The summed E-state index contributed by atoms with van der Waals surface area (Å²) in [4.78, 5) is 0. The Morgan fingerprint density at radius 2 is 2.36 bits per heavy atom. The van der Waals surface area contributed by atoms with E-state index in [4.69, 9.17) is 11.6 Å². The van der Waals surface area contributed by atoms with Crippen LogP contribution in [0.1, 0.15) is 24.7 Å². The van der Waals surface area contributed by atoms with Crippen LogP contribution in [-0.2, 0) is 5.88 Å². The summed E-state index contributed by atoms with van der Waals surface area (Å²) >= 11 is 5.62. The summed E-state index contributed by atoms with van der Waals surface area (Å²) in [5.41, 5.74) is 0. The molecule has 1 aliphatic carbocycles. The van der Waals surface area contributed by atoms with Gasteiger partial charge in [-0.25, -0.2) is 0 Å². The van der Waals surface area contributed by atoms with E-state index in [1.54, 1.807) is 6.33 Å². The smallest absolute Gasteiger partial charge is 0.148 e. The first-order chi connectivity index (χ1) is 4.92. The van der Waals surface area contributed by atoms with Crippen molar-refractivity contribution in [3.63, 3.8) is 0 Å². The molecule has 2 rings (SSSR count). The molecule has 1 saturated carbocycles. The fourth-order valence-corrected chi connectivity index (χ4v) is 1.21. The van der Waals surface area contributed by atoms with Gasteiger partial charge in [0.2, 0.25) is 0 Å². The Bertz CT molecular complexity index is 231. The average Bonchev–Trinajstić information content (AvgIpc) is 2.69. The van der Waals surface area contributed by atoms with Crippen LogP contribution < -0.4 is 0 Å². The van der Waals surface area contributed by atoms with Crippen molar-refractivity contribution >= 4 is 24.0 Å². The van der Waals surface area contributed by atoms with E-state index in [2.05, 4.69) is 14.8 Å². The second-order valence-corrected chi connectivity index (χ2v) is 2.79. The minimum Gasteiger partial charge on any atom is -0.313 e. The van der Waals surface area contributed by atoms with Crippen molar-refractivity contribution in [2.24, 2.45) is 0 Å². The summed E-state index contributed by atoms with van der Waals surface area (Å²) in [6.07, 6.45) is 4.26. The lowest BCUT2D eigenvalue weighted by atomic mass is 10.6. The number of rotatable bonds is 2. The molecule has 0 radical (unpaired) electrons. The highest BCUT2D eigenvalue weighted by atomic mass is 35.5. The summed E-state index contributed by atoms with van der Waals surface area (Å²) in [7, 11) is 0. The predicted molar refractivity (Wildman–Crippen MR) is 45.1 cm³/mol. The highest BCUT2D eigenvalue weighted by Crippen LogP contribution is 2.35. The van der Waals surface area contributed by atoms with Crippen molar-refractivity contribution in [3.05, 3.63) is 12.2 Å². The standard InChI is InChI=1S/C6H8ClN3.ClH/c7-3-6-9-8-4-10(6)5-1-2-5;/h4-5H,1-3H2;1H. The fraction of sp³-hybridized carbons (Fsp3) is 0.667. The molecule has 0 aliphatic heterocycles. The molecule has 1 aliphatic rings. The molecular weight excluding hydrogens is 185 g/mol. The number of nitrogens with zero attached hydrogens (tertiary/aromatic N) is 3. The van der Waals surface area contributed by atoms with Gasteiger partial charge in [0.1, 0.15) is 12.2 Å². The van der Waals surface area contributed by atoms with Crippen molar-refractivity contribution in [1.29, 1.82) is 0 Å². The minimum absolute atomic E-state index is 0. The van der Waals surface area contributed by atoms with Gasteiger partial charge in [0.05, 0.1) is 5.88 Å². The topological polar surface area (TPSA) is 30.7 Å². The summed E-state index contributed by atoms with van der Waals surface area (Å²) in [6.45, 7) is 0. The molecule has 5 heteroatoms. The zero-order valence-corrected chi connectivity index (χ0v) is 7.48. The van der Waals surface area contributed by atoms with E-state index in [9.17, 15) is 0 Å². The Kier molecular flexibility index (Phi) is 2.73. The van der Waals surface area contributed by atoms with Crippen LogP contribution in [0.5, 0.6) is 0 Å². The molecule has 0 amide bonds. The van der Waals surface area contributed by atoms with Gasteiger partial charge in [0, 0.05) is 6.04 Å². The van der Waals surface area contributed by atoms with Gasteiger partial charge in [-0.2, -0.15) is 0 Å². The first-order valence-electron chi connectivity index (χ1n) is 3.36. The van der Waals surface area contributed by atoms with E-state index in [1.807, 2.05) is 0 Å². The molecule has 1 aromatic heterocycles. The summed E-state index contributed by atoms with van der Waals surface area (Å²) < 4.78 is 2.06. The normalized spacial score (nSPS) is 16.1. The summed E-state index contributed by atoms with van der Waals surface area (Å²) in [5, 5.41) is 7.66. The second-order valence-electron chi connectivity index (χ2n) is 2.52. The fourth-order valence-electron chi connectivity index (χ4n) is 1.02. The highest BCUT2D eigenvalue weighted by Gasteiger charge is 2.25. The van der Waals surface area contributed by atoms with Crippen molar-refractivity contribution in [2.45, 2.75) is 24.8 Å². The Morgan fingerprint density at radius 3 is 2.91 bits per heavy atom. The van der Waals surface area contributed by atoms with Crippen LogP contribution in [0.2, 0.25) is 0 Å². The zero-order valence-electron chi connectivity index (χ0n) is 5.90. The molecule has 0 spiro atoms. The van der Waals surface area contributed by atoms with Crippen LogP contribution >= 0.6 is 24.0 Å². The molecule has 3 nitrogen and oxygen atoms in total. The third kappa shape index (κ3) is 1.65. The average molecular weight is 194 g/mol. The SMILES string of the molecule is Cl.ClCc1nncn1C1CC1. The molecule has 1 heterocycles. The Labute approximate surface area is 76.2 Å². The molecule has 0 aromatic carbocycles. The van der Waals surface area contributed by atoms with Crippen LogP contribution in [0, 0.1) is 0 Å². The third-order valence-corrected chi connectivity index (χ3v) is 1.95. The zero-order chi connectivity index (χ0) is 6.97. The van der Waals surface area contributed by atoms with E-state index in [-0.39, 0.29) is 12.4 Å². The van der Waals surface area contributed by atoms with Gasteiger partial charge in [0.25, 0.3) is 0 Å². The van der Waals surface area contributed by atoms with Crippen LogP contribution in [-0.4, -0.2) is 14.8 Å². The monoisotopic (exact) mass is 193 g/mol. The molecule has 0 unspecified atom stereocenters. The maximum atomic E-state index is 5.62.